The van der Waals surface area contributed by atoms with Crippen LogP contribution in [0.4, 0.5) is 0 Å². The van der Waals surface area contributed by atoms with Gasteiger partial charge >= 0.3 is 0 Å². The van der Waals surface area contributed by atoms with E-state index >= 15 is 0 Å². The van der Waals surface area contributed by atoms with E-state index < -0.39 is 0 Å². The summed E-state index contributed by atoms with van der Waals surface area (Å²) < 4.78 is 0. The topological polar surface area (TPSA) is 15.3 Å². The van der Waals surface area contributed by atoms with Crippen LogP contribution in [0.15, 0.2) is 0 Å². The Morgan fingerprint density at radius 2 is 1.80 bits per heavy atom. The number of likely N-dealkylation sites (tertiary alicyclic amines) is 1. The number of hydrogen-bond donors (Lipinski definition) is 1. The Morgan fingerprint density at radius 1 is 1.10 bits per heavy atom. The maximum absolute atomic E-state index is 4.12. The molecule has 2 nitrogen and oxygen atoms in total. The van der Waals surface area contributed by atoms with Crippen molar-refractivity contribution in [3.8, 4) is 0 Å². The number of hydrogen-bond acceptors (Lipinski definition) is 2. The summed E-state index contributed by atoms with van der Waals surface area (Å²) in [6.45, 7) is 13.8. The van der Waals surface area contributed by atoms with Crippen LogP contribution in [0.25, 0.3) is 0 Å². The van der Waals surface area contributed by atoms with Crippen LogP contribution in [0.2, 0.25) is 0 Å². The highest BCUT2D eigenvalue weighted by Crippen LogP contribution is 2.62. The molecule has 3 atom stereocenters. The zero-order chi connectivity index (χ0) is 14.4. The normalized spacial score (nSPS) is 41.4. The van der Waals surface area contributed by atoms with Gasteiger partial charge in [-0.15, -0.1) is 0 Å². The van der Waals surface area contributed by atoms with Gasteiger partial charge in [0.2, 0.25) is 0 Å². The van der Waals surface area contributed by atoms with Crippen molar-refractivity contribution in [2.24, 2.45) is 16.7 Å². The van der Waals surface area contributed by atoms with Crippen LogP contribution in [0.1, 0.15) is 66.2 Å². The zero-order valence-corrected chi connectivity index (χ0v) is 14.0. The predicted octanol–water partition coefficient (Wildman–Crippen LogP) is 3.67. The highest BCUT2D eigenvalue weighted by Gasteiger charge is 2.59. The Morgan fingerprint density at radius 3 is 2.35 bits per heavy atom. The second-order valence-electron chi connectivity index (χ2n) is 8.63. The van der Waals surface area contributed by atoms with Gasteiger partial charge in [-0.2, -0.15) is 0 Å². The molecule has 3 unspecified atom stereocenters. The minimum atomic E-state index is 0.507. The van der Waals surface area contributed by atoms with Crippen LogP contribution in [-0.2, 0) is 0 Å². The molecule has 2 aliphatic carbocycles. The van der Waals surface area contributed by atoms with Crippen molar-refractivity contribution in [2.45, 2.75) is 78.3 Å². The molecule has 0 aromatic carbocycles. The molecule has 116 valence electrons. The van der Waals surface area contributed by atoms with Crippen LogP contribution in [0.3, 0.4) is 0 Å². The Bertz CT molecular complexity index is 339. The maximum Gasteiger partial charge on any atom is 0.0177 e. The highest BCUT2D eigenvalue weighted by molar-refractivity contribution is 5.12. The average Bonchev–Trinajstić information content (AvgIpc) is 2.88. The summed E-state index contributed by atoms with van der Waals surface area (Å²) >= 11 is 0. The summed E-state index contributed by atoms with van der Waals surface area (Å²) in [6.07, 6.45) is 8.39. The summed E-state index contributed by atoms with van der Waals surface area (Å²) in [4.78, 5) is 2.64. The molecule has 20 heavy (non-hydrogen) atoms. The van der Waals surface area contributed by atoms with Gasteiger partial charge in [0.25, 0.3) is 0 Å². The number of rotatable bonds is 4. The molecule has 2 bridgehead atoms. The van der Waals surface area contributed by atoms with E-state index in [0.717, 1.165) is 18.0 Å². The first kappa shape index (κ1) is 14.8. The van der Waals surface area contributed by atoms with E-state index in [2.05, 4.69) is 37.9 Å². The van der Waals surface area contributed by atoms with E-state index in [1.807, 2.05) is 0 Å². The van der Waals surface area contributed by atoms with Crippen LogP contribution >= 0.6 is 0 Å². The van der Waals surface area contributed by atoms with Gasteiger partial charge < -0.3 is 10.2 Å². The number of fused-ring (bicyclic) bond motifs is 2. The summed E-state index contributed by atoms with van der Waals surface area (Å²) in [5, 5.41) is 4.12. The minimum absolute atomic E-state index is 0.507. The molecule has 1 aliphatic heterocycles. The Kier molecular flexibility index (Phi) is 3.92. The fourth-order valence-electron chi connectivity index (χ4n) is 5.59. The predicted molar refractivity (Wildman–Crippen MR) is 85.9 cm³/mol. The number of nitrogens with zero attached hydrogens (tertiary/aromatic N) is 1. The fraction of sp³-hybridized carbons (Fsp3) is 1.00. The first-order chi connectivity index (χ1) is 9.45. The van der Waals surface area contributed by atoms with Crippen molar-refractivity contribution >= 4 is 0 Å². The summed E-state index contributed by atoms with van der Waals surface area (Å²) in [7, 11) is 0. The minimum Gasteiger partial charge on any atom is -0.310 e. The Labute approximate surface area is 125 Å². The van der Waals surface area contributed by atoms with Crippen molar-refractivity contribution < 1.29 is 0 Å². The molecular formula is C18H34N2. The van der Waals surface area contributed by atoms with Crippen LogP contribution in [0.5, 0.6) is 0 Å². The molecule has 0 aromatic heterocycles. The quantitative estimate of drug-likeness (QED) is 0.844. The van der Waals surface area contributed by atoms with Gasteiger partial charge in [0.15, 0.2) is 0 Å². The monoisotopic (exact) mass is 278 g/mol. The van der Waals surface area contributed by atoms with Crippen molar-refractivity contribution in [3.63, 3.8) is 0 Å². The fourth-order valence-corrected chi connectivity index (χ4v) is 5.59. The highest BCUT2D eigenvalue weighted by atomic mass is 15.1. The summed E-state index contributed by atoms with van der Waals surface area (Å²) in [5.41, 5.74) is 1.09. The lowest BCUT2D eigenvalue weighted by atomic mass is 9.68. The van der Waals surface area contributed by atoms with Crippen molar-refractivity contribution in [1.82, 2.24) is 10.2 Å². The standard InChI is InChI=1S/C18H34N2/c1-5-10-20-11-7-15(8-12-20)19-16-17(2,3)14-6-9-18(16,4)13-14/h14-16,19H,5-13H2,1-4H3. The third-order valence-electron chi connectivity index (χ3n) is 6.80. The molecule has 3 rings (SSSR count). The molecule has 0 radical (unpaired) electrons. The van der Waals surface area contributed by atoms with E-state index in [1.165, 1.54) is 58.2 Å². The largest absolute Gasteiger partial charge is 0.310 e. The van der Waals surface area contributed by atoms with E-state index in [4.69, 9.17) is 0 Å². The second kappa shape index (κ2) is 5.28. The molecule has 0 spiro atoms. The maximum atomic E-state index is 4.12. The third-order valence-corrected chi connectivity index (χ3v) is 6.80. The number of piperidine rings is 1. The molecule has 1 saturated heterocycles. The first-order valence-electron chi connectivity index (χ1n) is 8.94. The SMILES string of the molecule is CCCN1CCC(NC2C3(C)CCC(C3)C2(C)C)CC1. The summed E-state index contributed by atoms with van der Waals surface area (Å²) in [5.74, 6) is 0.963. The van der Waals surface area contributed by atoms with Crippen LogP contribution in [0, 0.1) is 16.7 Å². The molecule has 3 aliphatic rings. The van der Waals surface area contributed by atoms with Gasteiger partial charge in [-0.25, -0.2) is 0 Å². The van der Waals surface area contributed by atoms with Gasteiger partial charge in [0.05, 0.1) is 0 Å². The molecule has 3 fully saturated rings. The van der Waals surface area contributed by atoms with Gasteiger partial charge in [0, 0.05) is 12.1 Å². The van der Waals surface area contributed by atoms with E-state index in [9.17, 15) is 0 Å². The zero-order valence-electron chi connectivity index (χ0n) is 14.0. The van der Waals surface area contributed by atoms with E-state index in [1.54, 1.807) is 0 Å². The van der Waals surface area contributed by atoms with Gasteiger partial charge in [-0.05, 0) is 74.9 Å². The van der Waals surface area contributed by atoms with Crippen molar-refractivity contribution in [1.29, 1.82) is 0 Å². The number of nitrogens with one attached hydrogen (secondary N) is 1. The lowest BCUT2D eigenvalue weighted by Gasteiger charge is -2.46. The molecular weight excluding hydrogens is 244 g/mol. The Hall–Kier alpha value is -0.0800. The van der Waals surface area contributed by atoms with Gasteiger partial charge in [-0.3, -0.25) is 0 Å². The van der Waals surface area contributed by atoms with Crippen molar-refractivity contribution in [3.05, 3.63) is 0 Å². The molecule has 2 heteroatoms. The lowest BCUT2D eigenvalue weighted by Crippen LogP contribution is -2.55. The van der Waals surface area contributed by atoms with Gasteiger partial charge in [-0.1, -0.05) is 27.7 Å². The molecule has 1 N–H and O–H groups in total. The smallest absolute Gasteiger partial charge is 0.0177 e. The molecule has 1 heterocycles. The second-order valence-corrected chi connectivity index (χ2v) is 8.63. The first-order valence-corrected chi connectivity index (χ1v) is 8.94. The molecule has 0 amide bonds. The van der Waals surface area contributed by atoms with Crippen LogP contribution in [-0.4, -0.2) is 36.6 Å². The van der Waals surface area contributed by atoms with Crippen LogP contribution < -0.4 is 5.32 Å². The van der Waals surface area contributed by atoms with E-state index in [-0.39, 0.29) is 0 Å². The average molecular weight is 278 g/mol. The Balaban J connectivity index is 1.59. The lowest BCUT2D eigenvalue weighted by molar-refractivity contribution is 0.0835. The summed E-state index contributed by atoms with van der Waals surface area (Å²) in [6, 6.07) is 1.51. The van der Waals surface area contributed by atoms with Gasteiger partial charge in [0.1, 0.15) is 0 Å². The molecule has 2 saturated carbocycles. The van der Waals surface area contributed by atoms with E-state index in [0.29, 0.717) is 10.8 Å². The van der Waals surface area contributed by atoms with Crippen molar-refractivity contribution in [2.75, 3.05) is 19.6 Å². The third kappa shape index (κ3) is 2.43. The molecule has 0 aromatic rings.